The van der Waals surface area contributed by atoms with Gasteiger partial charge in [-0.15, -0.1) is 0 Å². The molecule has 98 valence electrons. The molecule has 0 saturated carbocycles. The Morgan fingerprint density at radius 1 is 1.32 bits per heavy atom. The molecule has 0 aliphatic rings. The van der Waals surface area contributed by atoms with Gasteiger partial charge in [0.15, 0.2) is 0 Å². The molecule has 0 spiro atoms. The van der Waals surface area contributed by atoms with Crippen molar-refractivity contribution in [3.63, 3.8) is 0 Å². The van der Waals surface area contributed by atoms with Gasteiger partial charge in [0.05, 0.1) is 5.69 Å². The third-order valence-corrected chi connectivity index (χ3v) is 3.65. The van der Waals surface area contributed by atoms with E-state index < -0.39 is 0 Å². The molecule has 0 amide bonds. The highest BCUT2D eigenvalue weighted by Gasteiger charge is 2.17. The number of hydrogen-bond donors (Lipinski definition) is 2. The van der Waals surface area contributed by atoms with Gasteiger partial charge in [-0.2, -0.15) is 5.10 Å². The zero-order chi connectivity index (χ0) is 13.4. The van der Waals surface area contributed by atoms with Crippen molar-refractivity contribution >= 4 is 10.9 Å². The second-order valence-corrected chi connectivity index (χ2v) is 4.82. The molecule has 0 unspecified atom stereocenters. The number of hydrogen-bond acceptors (Lipinski definition) is 2. The molecule has 0 saturated heterocycles. The van der Waals surface area contributed by atoms with Gasteiger partial charge in [-0.25, -0.2) is 0 Å². The van der Waals surface area contributed by atoms with Crippen molar-refractivity contribution in [1.82, 2.24) is 14.8 Å². The Morgan fingerprint density at radius 3 is 2.89 bits per heavy atom. The standard InChI is InChI=1S/C15H18N4/c1-10-15(14(7-8-16)18-19(10)2)12-9-17-13-6-4-3-5-11(12)13/h3-6,9,17H,7-8,16H2,1-2H3. The van der Waals surface area contributed by atoms with Crippen molar-refractivity contribution in [2.75, 3.05) is 6.54 Å². The highest BCUT2D eigenvalue weighted by atomic mass is 15.3. The first-order chi connectivity index (χ1) is 9.22. The predicted octanol–water partition coefficient (Wildman–Crippen LogP) is 2.38. The van der Waals surface area contributed by atoms with E-state index in [2.05, 4.69) is 41.4 Å². The molecule has 0 bridgehead atoms. The zero-order valence-electron chi connectivity index (χ0n) is 11.3. The van der Waals surface area contributed by atoms with E-state index in [0.717, 1.165) is 17.6 Å². The molecule has 2 aromatic heterocycles. The third kappa shape index (κ3) is 1.85. The van der Waals surface area contributed by atoms with Crippen LogP contribution in [0.1, 0.15) is 11.4 Å². The summed E-state index contributed by atoms with van der Waals surface area (Å²) in [6.45, 7) is 2.72. The molecule has 3 rings (SSSR count). The lowest BCUT2D eigenvalue weighted by Crippen LogP contribution is -2.04. The molecule has 0 fully saturated rings. The van der Waals surface area contributed by atoms with Gasteiger partial charge in [0, 0.05) is 47.4 Å². The summed E-state index contributed by atoms with van der Waals surface area (Å²) in [5.74, 6) is 0. The number of aromatic nitrogens is 3. The van der Waals surface area contributed by atoms with Crippen LogP contribution in [0.25, 0.3) is 22.0 Å². The highest BCUT2D eigenvalue weighted by molar-refractivity contribution is 5.96. The van der Waals surface area contributed by atoms with E-state index in [1.54, 1.807) is 0 Å². The number of benzene rings is 1. The lowest BCUT2D eigenvalue weighted by molar-refractivity contribution is 0.718. The molecular weight excluding hydrogens is 236 g/mol. The Bertz CT molecular complexity index is 721. The van der Waals surface area contributed by atoms with Crippen LogP contribution in [0.15, 0.2) is 30.5 Å². The van der Waals surface area contributed by atoms with Gasteiger partial charge < -0.3 is 10.7 Å². The first kappa shape index (κ1) is 12.0. The topological polar surface area (TPSA) is 59.6 Å². The van der Waals surface area contributed by atoms with Gasteiger partial charge >= 0.3 is 0 Å². The number of nitrogens with zero attached hydrogens (tertiary/aromatic N) is 2. The second-order valence-electron chi connectivity index (χ2n) is 4.82. The molecule has 4 nitrogen and oxygen atoms in total. The summed E-state index contributed by atoms with van der Waals surface area (Å²) >= 11 is 0. The van der Waals surface area contributed by atoms with Gasteiger partial charge in [-0.3, -0.25) is 4.68 Å². The molecule has 2 heterocycles. The highest BCUT2D eigenvalue weighted by Crippen LogP contribution is 2.33. The van der Waals surface area contributed by atoms with Crippen LogP contribution in [0, 0.1) is 6.92 Å². The van der Waals surface area contributed by atoms with E-state index in [0.29, 0.717) is 6.54 Å². The van der Waals surface area contributed by atoms with E-state index in [1.807, 2.05) is 17.8 Å². The zero-order valence-corrected chi connectivity index (χ0v) is 11.3. The fourth-order valence-corrected chi connectivity index (χ4v) is 2.62. The van der Waals surface area contributed by atoms with E-state index in [1.165, 1.54) is 22.2 Å². The molecule has 3 N–H and O–H groups in total. The molecule has 0 aliphatic carbocycles. The maximum atomic E-state index is 5.70. The van der Waals surface area contributed by atoms with Crippen molar-refractivity contribution in [1.29, 1.82) is 0 Å². The summed E-state index contributed by atoms with van der Waals surface area (Å²) in [4.78, 5) is 3.32. The van der Waals surface area contributed by atoms with Gasteiger partial charge in [0.2, 0.25) is 0 Å². The van der Waals surface area contributed by atoms with Gasteiger partial charge in [0.25, 0.3) is 0 Å². The van der Waals surface area contributed by atoms with Gasteiger partial charge in [0.1, 0.15) is 0 Å². The summed E-state index contributed by atoms with van der Waals surface area (Å²) in [7, 11) is 1.98. The van der Waals surface area contributed by atoms with Crippen molar-refractivity contribution in [2.24, 2.45) is 12.8 Å². The molecule has 0 aliphatic heterocycles. The molecule has 19 heavy (non-hydrogen) atoms. The van der Waals surface area contributed by atoms with Crippen molar-refractivity contribution in [2.45, 2.75) is 13.3 Å². The Hall–Kier alpha value is -2.07. The molecule has 4 heteroatoms. The fourth-order valence-electron chi connectivity index (χ4n) is 2.62. The summed E-state index contributed by atoms with van der Waals surface area (Å²) in [6.07, 6.45) is 2.87. The lowest BCUT2D eigenvalue weighted by atomic mass is 10.0. The monoisotopic (exact) mass is 254 g/mol. The second kappa shape index (κ2) is 4.55. The molecule has 0 radical (unpaired) electrons. The van der Waals surface area contributed by atoms with Crippen LogP contribution in [0.4, 0.5) is 0 Å². The summed E-state index contributed by atoms with van der Waals surface area (Å²) < 4.78 is 1.93. The average Bonchev–Trinajstić information content (AvgIpc) is 2.93. The number of rotatable bonds is 3. The number of nitrogens with two attached hydrogens (primary N) is 1. The van der Waals surface area contributed by atoms with E-state index >= 15 is 0 Å². The molecule has 3 aromatic rings. The number of fused-ring (bicyclic) bond motifs is 1. The quantitative estimate of drug-likeness (QED) is 0.754. The Morgan fingerprint density at radius 2 is 2.11 bits per heavy atom. The van der Waals surface area contributed by atoms with E-state index in [9.17, 15) is 0 Å². The number of nitrogens with one attached hydrogen (secondary N) is 1. The smallest absolute Gasteiger partial charge is 0.0719 e. The SMILES string of the molecule is Cc1c(-c2c[nH]c3ccccc23)c(CCN)nn1C. The number of aromatic amines is 1. The van der Waals surface area contributed by atoms with Crippen LogP contribution in [0.2, 0.25) is 0 Å². The van der Waals surface area contributed by atoms with Crippen LogP contribution in [0.5, 0.6) is 0 Å². The number of H-pyrrole nitrogens is 1. The predicted molar refractivity (Wildman–Crippen MR) is 78.0 cm³/mol. The fraction of sp³-hybridized carbons (Fsp3) is 0.267. The number of para-hydroxylation sites is 1. The van der Waals surface area contributed by atoms with Crippen LogP contribution in [-0.2, 0) is 13.5 Å². The Labute approximate surface area is 112 Å². The molecule has 1 aromatic carbocycles. The van der Waals surface area contributed by atoms with Crippen LogP contribution in [0.3, 0.4) is 0 Å². The van der Waals surface area contributed by atoms with Gasteiger partial charge in [-0.1, -0.05) is 18.2 Å². The van der Waals surface area contributed by atoms with Crippen molar-refractivity contribution < 1.29 is 0 Å². The summed E-state index contributed by atoms with van der Waals surface area (Å²) in [5.41, 5.74) is 11.5. The van der Waals surface area contributed by atoms with Crippen LogP contribution in [-0.4, -0.2) is 21.3 Å². The Kier molecular flexibility index (Phi) is 2.87. The summed E-state index contributed by atoms with van der Waals surface area (Å²) in [5, 5.41) is 5.82. The van der Waals surface area contributed by atoms with Crippen molar-refractivity contribution in [3.05, 3.63) is 41.9 Å². The summed E-state index contributed by atoms with van der Waals surface area (Å²) in [6, 6.07) is 8.33. The maximum Gasteiger partial charge on any atom is 0.0719 e. The normalized spacial score (nSPS) is 11.3. The first-order valence-corrected chi connectivity index (χ1v) is 6.51. The average molecular weight is 254 g/mol. The number of aryl methyl sites for hydroxylation is 1. The van der Waals surface area contributed by atoms with Crippen LogP contribution >= 0.6 is 0 Å². The largest absolute Gasteiger partial charge is 0.361 e. The van der Waals surface area contributed by atoms with Crippen LogP contribution < -0.4 is 5.73 Å². The maximum absolute atomic E-state index is 5.70. The molecular formula is C15H18N4. The minimum Gasteiger partial charge on any atom is -0.361 e. The van der Waals surface area contributed by atoms with E-state index in [4.69, 9.17) is 5.73 Å². The third-order valence-electron chi connectivity index (χ3n) is 3.65. The van der Waals surface area contributed by atoms with E-state index in [-0.39, 0.29) is 0 Å². The van der Waals surface area contributed by atoms with Crippen molar-refractivity contribution in [3.8, 4) is 11.1 Å². The Balaban J connectivity index is 2.26. The lowest BCUT2D eigenvalue weighted by Gasteiger charge is -2.02. The first-order valence-electron chi connectivity index (χ1n) is 6.51. The minimum absolute atomic E-state index is 0.617. The minimum atomic E-state index is 0.617. The molecule has 0 atom stereocenters. The van der Waals surface area contributed by atoms with Gasteiger partial charge in [-0.05, 0) is 19.5 Å².